The topological polar surface area (TPSA) is 9.23 Å². The number of hydrogen-bond acceptors (Lipinski definition) is 1. The van der Waals surface area contributed by atoms with Gasteiger partial charge in [-0.25, -0.2) is 0 Å². The van der Waals surface area contributed by atoms with Gasteiger partial charge in [0.05, 0.1) is 52.4 Å². The van der Waals surface area contributed by atoms with Crippen LogP contribution in [0.1, 0.15) is 65.2 Å². The minimum absolute atomic E-state index is 0.984. The monoisotopic (exact) mass is 326 g/mol. The first kappa shape index (κ1) is 19.2. The summed E-state index contributed by atoms with van der Waals surface area (Å²) in [6.07, 6.45) is 11.0. The van der Waals surface area contributed by atoms with Crippen molar-refractivity contribution in [2.75, 3.05) is 65.6 Å². The van der Waals surface area contributed by atoms with Crippen molar-refractivity contribution in [1.29, 1.82) is 0 Å². The molecule has 0 radical (unpaired) electrons. The number of hydrogen-bond donors (Lipinski definition) is 0. The Morgan fingerprint density at radius 1 is 0.609 bits per heavy atom. The molecule has 2 fully saturated rings. The number of nitrogens with zero attached hydrogens (tertiary/aromatic N) is 2. The lowest BCUT2D eigenvalue weighted by Gasteiger charge is -2.33. The Morgan fingerprint density at radius 3 is 1.35 bits per heavy atom. The fourth-order valence-corrected chi connectivity index (χ4v) is 4.81. The van der Waals surface area contributed by atoms with Gasteiger partial charge in [0, 0.05) is 38.9 Å². The van der Waals surface area contributed by atoms with Gasteiger partial charge < -0.3 is 13.7 Å². The van der Waals surface area contributed by atoms with E-state index in [-0.39, 0.29) is 0 Å². The lowest BCUT2D eigenvalue weighted by molar-refractivity contribution is -0.915. The van der Waals surface area contributed by atoms with Gasteiger partial charge in [-0.3, -0.25) is 0 Å². The Kier molecular flexibility index (Phi) is 8.35. The Labute approximate surface area is 145 Å². The molecular weight excluding hydrogens is 284 g/mol. The van der Waals surface area contributed by atoms with Crippen molar-refractivity contribution < 1.29 is 13.7 Å². The first-order chi connectivity index (χ1) is 11.2. The zero-order valence-electron chi connectivity index (χ0n) is 16.0. The molecule has 0 aliphatic carbocycles. The van der Waals surface area contributed by atoms with Crippen LogP contribution >= 0.6 is 0 Å². The minimum atomic E-state index is 0.984. The molecule has 2 heterocycles. The zero-order valence-corrected chi connectivity index (χ0v) is 16.0. The van der Waals surface area contributed by atoms with Crippen LogP contribution in [-0.4, -0.2) is 74.5 Å². The summed E-state index contributed by atoms with van der Waals surface area (Å²) >= 11 is 0. The molecule has 0 saturated carbocycles. The Hall–Kier alpha value is -0.120. The maximum absolute atomic E-state index is 5.88. The van der Waals surface area contributed by atoms with Crippen molar-refractivity contribution in [2.24, 2.45) is 0 Å². The van der Waals surface area contributed by atoms with Gasteiger partial charge in [-0.05, 0) is 39.5 Å². The first-order valence-corrected chi connectivity index (χ1v) is 10.5. The van der Waals surface area contributed by atoms with E-state index in [9.17, 15) is 0 Å². The van der Waals surface area contributed by atoms with E-state index < -0.39 is 0 Å². The lowest BCUT2D eigenvalue weighted by atomic mass is 10.2. The highest BCUT2D eigenvalue weighted by molar-refractivity contribution is 4.55. The van der Waals surface area contributed by atoms with E-state index >= 15 is 0 Å². The van der Waals surface area contributed by atoms with Gasteiger partial charge in [0.25, 0.3) is 0 Å². The molecule has 0 unspecified atom stereocenters. The van der Waals surface area contributed by atoms with E-state index in [0.29, 0.717) is 0 Å². The molecule has 0 aromatic carbocycles. The molecule has 3 nitrogen and oxygen atoms in total. The zero-order chi connectivity index (χ0) is 16.4. The second kappa shape index (κ2) is 10.0. The van der Waals surface area contributed by atoms with Gasteiger partial charge in [-0.15, -0.1) is 0 Å². The van der Waals surface area contributed by atoms with E-state index in [0.717, 1.165) is 13.2 Å². The minimum Gasteiger partial charge on any atom is -0.381 e. The summed E-state index contributed by atoms with van der Waals surface area (Å²) in [6, 6.07) is 0. The van der Waals surface area contributed by atoms with Crippen LogP contribution in [-0.2, 0) is 4.74 Å². The summed E-state index contributed by atoms with van der Waals surface area (Å²) < 4.78 is 8.65. The molecule has 23 heavy (non-hydrogen) atoms. The van der Waals surface area contributed by atoms with Crippen LogP contribution in [0.4, 0.5) is 0 Å². The number of ether oxygens (including phenoxy) is 1. The summed E-state index contributed by atoms with van der Waals surface area (Å²) in [7, 11) is 0. The Balaban J connectivity index is 1.42. The van der Waals surface area contributed by atoms with Gasteiger partial charge in [-0.2, -0.15) is 0 Å². The Morgan fingerprint density at radius 2 is 1.00 bits per heavy atom. The molecule has 2 rings (SSSR count). The van der Waals surface area contributed by atoms with Crippen LogP contribution < -0.4 is 0 Å². The molecule has 0 atom stereocenters. The van der Waals surface area contributed by atoms with E-state index in [1.165, 1.54) is 113 Å². The van der Waals surface area contributed by atoms with Gasteiger partial charge in [0.1, 0.15) is 0 Å². The third kappa shape index (κ3) is 6.03. The lowest BCUT2D eigenvalue weighted by Crippen LogP contribution is -2.45. The van der Waals surface area contributed by atoms with Crippen molar-refractivity contribution in [2.45, 2.75) is 65.2 Å². The SMILES string of the molecule is CC[N+]1(CCCCOCCCC[N+]2(CC)CCCC2)CCCC1. The summed E-state index contributed by atoms with van der Waals surface area (Å²) in [5.74, 6) is 0. The molecule has 2 aliphatic heterocycles. The smallest absolute Gasteiger partial charge is 0.0788 e. The first-order valence-electron chi connectivity index (χ1n) is 10.5. The predicted octanol–water partition coefficient (Wildman–Crippen LogP) is 3.82. The van der Waals surface area contributed by atoms with Crippen molar-refractivity contribution in [1.82, 2.24) is 0 Å². The van der Waals surface area contributed by atoms with E-state index in [1.54, 1.807) is 0 Å². The fourth-order valence-electron chi connectivity index (χ4n) is 4.81. The Bertz CT molecular complexity index is 277. The third-order valence-corrected chi connectivity index (χ3v) is 6.71. The quantitative estimate of drug-likeness (QED) is 0.391. The van der Waals surface area contributed by atoms with Gasteiger partial charge in [0.15, 0.2) is 0 Å². The number of quaternary nitrogens is 2. The molecule has 0 N–H and O–H groups in total. The molecule has 0 amide bonds. The van der Waals surface area contributed by atoms with Crippen molar-refractivity contribution in [3.05, 3.63) is 0 Å². The highest BCUT2D eigenvalue weighted by Crippen LogP contribution is 2.21. The summed E-state index contributed by atoms with van der Waals surface area (Å²) in [4.78, 5) is 0. The van der Waals surface area contributed by atoms with Gasteiger partial charge in [0.2, 0.25) is 0 Å². The van der Waals surface area contributed by atoms with Crippen molar-refractivity contribution in [3.8, 4) is 0 Å². The summed E-state index contributed by atoms with van der Waals surface area (Å²) in [5, 5.41) is 0. The number of likely N-dealkylation sites (tertiary alicyclic amines) is 2. The van der Waals surface area contributed by atoms with Crippen LogP contribution in [0.3, 0.4) is 0 Å². The molecule has 0 bridgehead atoms. The maximum Gasteiger partial charge on any atom is 0.0788 e. The number of rotatable bonds is 12. The van der Waals surface area contributed by atoms with E-state index in [1.807, 2.05) is 0 Å². The summed E-state index contributed by atoms with van der Waals surface area (Å²) in [5.41, 5.74) is 0. The van der Waals surface area contributed by atoms with E-state index in [4.69, 9.17) is 4.74 Å². The second-order valence-corrected chi connectivity index (χ2v) is 8.10. The van der Waals surface area contributed by atoms with Crippen LogP contribution in [0.2, 0.25) is 0 Å². The van der Waals surface area contributed by atoms with Crippen molar-refractivity contribution >= 4 is 0 Å². The van der Waals surface area contributed by atoms with Gasteiger partial charge >= 0.3 is 0 Å². The molecule has 0 aromatic rings. The standard InChI is InChI=1S/C20H42N2O/c1-3-21(13-5-6-14-21)17-9-11-19-23-20-12-10-18-22(4-2)15-7-8-16-22/h3-20H2,1-2H3/q+2. The van der Waals surface area contributed by atoms with E-state index in [2.05, 4.69) is 13.8 Å². The van der Waals surface area contributed by atoms with Crippen LogP contribution in [0.5, 0.6) is 0 Å². The van der Waals surface area contributed by atoms with Gasteiger partial charge in [-0.1, -0.05) is 0 Å². The molecule has 0 aromatic heterocycles. The number of unbranched alkanes of at least 4 members (excludes halogenated alkanes) is 2. The molecule has 0 spiro atoms. The predicted molar refractivity (Wildman–Crippen MR) is 98.6 cm³/mol. The average molecular weight is 327 g/mol. The molecule has 3 heteroatoms. The highest BCUT2D eigenvalue weighted by atomic mass is 16.5. The molecule has 2 saturated heterocycles. The normalized spacial score (nSPS) is 22.7. The maximum atomic E-state index is 5.88. The van der Waals surface area contributed by atoms with Crippen LogP contribution in [0, 0.1) is 0 Å². The molecule has 2 aliphatic rings. The fraction of sp³-hybridized carbons (Fsp3) is 1.00. The van der Waals surface area contributed by atoms with Crippen LogP contribution in [0.15, 0.2) is 0 Å². The molecular formula is C20H42N2O+2. The largest absolute Gasteiger partial charge is 0.381 e. The highest BCUT2D eigenvalue weighted by Gasteiger charge is 2.29. The summed E-state index contributed by atoms with van der Waals surface area (Å²) in [6.45, 7) is 17.8. The third-order valence-electron chi connectivity index (χ3n) is 6.71. The average Bonchev–Trinajstić information content (AvgIpc) is 3.24. The second-order valence-electron chi connectivity index (χ2n) is 8.10. The van der Waals surface area contributed by atoms with Crippen LogP contribution in [0.25, 0.3) is 0 Å². The van der Waals surface area contributed by atoms with Crippen molar-refractivity contribution in [3.63, 3.8) is 0 Å². The molecule has 136 valence electrons.